The SMILES string of the molecule is CC(c1ccc(Cl)cc1Cl)n1cnc2cc(C(F)(F)F)c(C3=CCN(C(=O)[C@H]4CCCN4)CC3)cc21. The number of alkyl halides is 3. The Morgan fingerprint density at radius 2 is 2.03 bits per heavy atom. The average Bonchev–Trinajstić information content (AvgIpc) is 3.52. The van der Waals surface area contributed by atoms with Crippen LogP contribution in [0, 0.1) is 0 Å². The highest BCUT2D eigenvalue weighted by Gasteiger charge is 2.36. The van der Waals surface area contributed by atoms with Crippen molar-refractivity contribution in [2.75, 3.05) is 19.6 Å². The van der Waals surface area contributed by atoms with E-state index in [-0.39, 0.29) is 35.6 Å². The number of carbonyl (C=O) groups is 1. The second-order valence-corrected chi connectivity index (χ2v) is 10.1. The van der Waals surface area contributed by atoms with E-state index in [0.717, 1.165) is 31.0 Å². The Labute approximate surface area is 216 Å². The molecule has 2 aromatic carbocycles. The monoisotopic (exact) mass is 536 g/mol. The summed E-state index contributed by atoms with van der Waals surface area (Å²) in [5, 5.41) is 4.17. The minimum Gasteiger partial charge on any atom is -0.337 e. The third kappa shape index (κ3) is 4.74. The number of amides is 1. The zero-order chi connectivity index (χ0) is 25.6. The lowest BCUT2D eigenvalue weighted by molar-refractivity contribution is -0.138. The van der Waals surface area contributed by atoms with E-state index in [4.69, 9.17) is 23.2 Å². The van der Waals surface area contributed by atoms with Gasteiger partial charge in [0.25, 0.3) is 0 Å². The molecule has 1 amide bonds. The first-order valence-corrected chi connectivity index (χ1v) is 12.6. The fraction of sp³-hybridized carbons (Fsp3) is 0.385. The molecule has 3 heterocycles. The minimum atomic E-state index is -4.54. The number of fused-ring (bicyclic) bond motifs is 1. The first-order chi connectivity index (χ1) is 17.1. The normalized spacial score (nSPS) is 19.6. The van der Waals surface area contributed by atoms with E-state index in [0.29, 0.717) is 34.1 Å². The van der Waals surface area contributed by atoms with Crippen molar-refractivity contribution in [1.29, 1.82) is 0 Å². The minimum absolute atomic E-state index is 0.0149. The molecule has 0 bridgehead atoms. The topological polar surface area (TPSA) is 50.2 Å². The molecule has 10 heteroatoms. The van der Waals surface area contributed by atoms with Crippen LogP contribution in [-0.4, -0.2) is 46.0 Å². The Morgan fingerprint density at radius 1 is 1.22 bits per heavy atom. The zero-order valence-corrected chi connectivity index (χ0v) is 21.1. The maximum Gasteiger partial charge on any atom is 0.417 e. The van der Waals surface area contributed by atoms with Gasteiger partial charge < -0.3 is 14.8 Å². The van der Waals surface area contributed by atoms with Crippen molar-refractivity contribution in [2.24, 2.45) is 0 Å². The molecule has 2 aliphatic rings. The van der Waals surface area contributed by atoms with Crippen LogP contribution in [-0.2, 0) is 11.0 Å². The molecule has 0 aliphatic carbocycles. The number of hydrogen-bond donors (Lipinski definition) is 1. The number of halogens is 5. The van der Waals surface area contributed by atoms with E-state index in [1.165, 1.54) is 6.33 Å². The van der Waals surface area contributed by atoms with Crippen molar-refractivity contribution in [3.8, 4) is 0 Å². The predicted octanol–water partition coefficient (Wildman–Crippen LogP) is 6.34. The Morgan fingerprint density at radius 3 is 2.67 bits per heavy atom. The molecule has 0 saturated carbocycles. The van der Waals surface area contributed by atoms with Crippen LogP contribution in [0.5, 0.6) is 0 Å². The summed E-state index contributed by atoms with van der Waals surface area (Å²) in [5.74, 6) is 0.0149. The predicted molar refractivity (Wildman–Crippen MR) is 135 cm³/mol. The summed E-state index contributed by atoms with van der Waals surface area (Å²) >= 11 is 12.4. The third-order valence-corrected chi connectivity index (χ3v) is 7.64. The highest BCUT2D eigenvalue weighted by Crippen LogP contribution is 2.40. The van der Waals surface area contributed by atoms with E-state index in [1.54, 1.807) is 35.2 Å². The van der Waals surface area contributed by atoms with Crippen LogP contribution in [0.1, 0.15) is 48.9 Å². The highest BCUT2D eigenvalue weighted by atomic mass is 35.5. The summed E-state index contributed by atoms with van der Waals surface area (Å²) in [4.78, 5) is 18.7. The van der Waals surface area contributed by atoms with Gasteiger partial charge in [-0.25, -0.2) is 4.98 Å². The van der Waals surface area contributed by atoms with E-state index < -0.39 is 11.7 Å². The summed E-state index contributed by atoms with van der Waals surface area (Å²) in [6, 6.07) is 7.37. The molecule has 0 spiro atoms. The van der Waals surface area contributed by atoms with E-state index >= 15 is 0 Å². The van der Waals surface area contributed by atoms with Crippen LogP contribution in [0.25, 0.3) is 16.6 Å². The standard InChI is InChI=1S/C26H25Cl2F3N4O/c1-15(18-5-4-17(27)11-21(18)28)35-14-33-23-13-20(26(29,30)31)19(12-24(23)35)16-6-9-34(10-7-16)25(36)22-3-2-8-32-22/h4-6,11-15,22,32H,2-3,7-10H2,1H3/t15?,22-/m1/s1. The zero-order valence-electron chi connectivity index (χ0n) is 19.6. The molecule has 1 N–H and O–H groups in total. The summed E-state index contributed by atoms with van der Waals surface area (Å²) in [6.45, 7) is 3.40. The van der Waals surface area contributed by atoms with E-state index in [9.17, 15) is 18.0 Å². The van der Waals surface area contributed by atoms with Gasteiger partial charge in [0.2, 0.25) is 5.91 Å². The van der Waals surface area contributed by atoms with Crippen LogP contribution in [0.4, 0.5) is 13.2 Å². The van der Waals surface area contributed by atoms with Gasteiger partial charge in [0.15, 0.2) is 0 Å². The molecule has 190 valence electrons. The van der Waals surface area contributed by atoms with Crippen molar-refractivity contribution < 1.29 is 18.0 Å². The van der Waals surface area contributed by atoms with Gasteiger partial charge in [0.05, 0.1) is 35.0 Å². The van der Waals surface area contributed by atoms with Crippen molar-refractivity contribution >= 4 is 45.7 Å². The van der Waals surface area contributed by atoms with Crippen molar-refractivity contribution in [3.63, 3.8) is 0 Å². The van der Waals surface area contributed by atoms with Crippen molar-refractivity contribution in [3.05, 3.63) is 69.5 Å². The Bertz CT molecular complexity index is 1340. The van der Waals surface area contributed by atoms with E-state index in [1.807, 2.05) is 11.5 Å². The smallest absolute Gasteiger partial charge is 0.337 e. The van der Waals surface area contributed by atoms with Gasteiger partial charge in [0.1, 0.15) is 0 Å². The number of carbonyl (C=O) groups excluding carboxylic acids is 1. The summed E-state index contributed by atoms with van der Waals surface area (Å²) < 4.78 is 44.1. The highest BCUT2D eigenvalue weighted by molar-refractivity contribution is 6.35. The van der Waals surface area contributed by atoms with Crippen molar-refractivity contribution in [2.45, 2.75) is 44.4 Å². The molecule has 5 nitrogen and oxygen atoms in total. The van der Waals surface area contributed by atoms with E-state index in [2.05, 4.69) is 10.3 Å². The van der Waals surface area contributed by atoms with Gasteiger partial charge in [-0.3, -0.25) is 4.79 Å². The third-order valence-electron chi connectivity index (χ3n) is 7.07. The largest absolute Gasteiger partial charge is 0.417 e. The number of hydrogen-bond acceptors (Lipinski definition) is 3. The second-order valence-electron chi connectivity index (χ2n) is 9.29. The average molecular weight is 537 g/mol. The lowest BCUT2D eigenvalue weighted by Crippen LogP contribution is -2.45. The van der Waals surface area contributed by atoms with Gasteiger partial charge in [-0.1, -0.05) is 35.3 Å². The van der Waals surface area contributed by atoms with Crippen LogP contribution in [0.2, 0.25) is 10.0 Å². The molecule has 2 atom stereocenters. The maximum atomic E-state index is 14.1. The Kier molecular flexibility index (Phi) is 6.78. The molecule has 1 unspecified atom stereocenters. The number of aromatic nitrogens is 2. The van der Waals surface area contributed by atoms with Crippen LogP contribution >= 0.6 is 23.2 Å². The molecule has 2 aliphatic heterocycles. The van der Waals surface area contributed by atoms with Gasteiger partial charge in [-0.15, -0.1) is 0 Å². The Balaban J connectivity index is 1.52. The molecule has 3 aromatic rings. The summed E-state index contributed by atoms with van der Waals surface area (Å²) in [7, 11) is 0. The number of rotatable bonds is 4. The Hall–Kier alpha value is -2.55. The molecule has 5 rings (SSSR count). The fourth-order valence-electron chi connectivity index (χ4n) is 5.10. The van der Waals surface area contributed by atoms with Gasteiger partial charge in [-0.2, -0.15) is 13.2 Å². The second kappa shape index (κ2) is 9.72. The van der Waals surface area contributed by atoms with Gasteiger partial charge >= 0.3 is 6.18 Å². The quantitative estimate of drug-likeness (QED) is 0.423. The summed E-state index contributed by atoms with van der Waals surface area (Å²) in [5.41, 5.74) is 1.60. The molecular weight excluding hydrogens is 512 g/mol. The fourth-order valence-corrected chi connectivity index (χ4v) is 5.67. The first kappa shape index (κ1) is 25.1. The summed E-state index contributed by atoms with van der Waals surface area (Å²) in [6.07, 6.45) is 0.829. The molecule has 1 aromatic heterocycles. The van der Waals surface area contributed by atoms with Gasteiger partial charge in [-0.05, 0) is 73.7 Å². The van der Waals surface area contributed by atoms with Gasteiger partial charge in [0, 0.05) is 23.1 Å². The number of nitrogens with one attached hydrogen (secondary N) is 1. The van der Waals surface area contributed by atoms with Crippen molar-refractivity contribution in [1.82, 2.24) is 19.8 Å². The number of nitrogens with zero attached hydrogens (tertiary/aromatic N) is 3. The molecule has 1 fully saturated rings. The number of benzene rings is 2. The molecule has 0 radical (unpaired) electrons. The number of imidazole rings is 1. The molecule has 1 saturated heterocycles. The lowest BCUT2D eigenvalue weighted by Gasteiger charge is -2.29. The van der Waals surface area contributed by atoms with Crippen LogP contribution in [0.15, 0.2) is 42.7 Å². The van der Waals surface area contributed by atoms with Crippen LogP contribution < -0.4 is 5.32 Å². The maximum absolute atomic E-state index is 14.1. The molecular formula is C26H25Cl2F3N4O. The van der Waals surface area contributed by atoms with Crippen LogP contribution in [0.3, 0.4) is 0 Å². The first-order valence-electron chi connectivity index (χ1n) is 11.9. The lowest BCUT2D eigenvalue weighted by atomic mass is 9.93. The molecule has 36 heavy (non-hydrogen) atoms.